The molecule has 17 heavy (non-hydrogen) atoms. The molecule has 92 valence electrons. The third-order valence-electron chi connectivity index (χ3n) is 4.28. The Balaban J connectivity index is 1.76. The zero-order valence-corrected chi connectivity index (χ0v) is 11.0. The van der Waals surface area contributed by atoms with Gasteiger partial charge in [0.05, 0.1) is 5.69 Å². The Morgan fingerprint density at radius 2 is 2.06 bits per heavy atom. The molecule has 0 saturated carbocycles. The molecule has 0 N–H and O–H groups in total. The van der Waals surface area contributed by atoms with E-state index in [-0.39, 0.29) is 0 Å². The number of halogens is 1. The van der Waals surface area contributed by atoms with Gasteiger partial charge in [-0.15, -0.1) is 11.6 Å². The fourth-order valence-corrected chi connectivity index (χ4v) is 3.73. The van der Waals surface area contributed by atoms with Crippen molar-refractivity contribution in [2.45, 2.75) is 56.6 Å². The van der Waals surface area contributed by atoms with Crippen LogP contribution in [0.1, 0.15) is 36.9 Å². The molecule has 2 aliphatic rings. The number of aryl methyl sites for hydroxylation is 1. The average molecular weight is 251 g/mol. The monoisotopic (exact) mass is 250 g/mol. The number of fused-ring (bicyclic) bond motifs is 2. The van der Waals surface area contributed by atoms with E-state index < -0.39 is 0 Å². The second-order valence-electron chi connectivity index (χ2n) is 5.39. The van der Waals surface area contributed by atoms with E-state index in [2.05, 4.69) is 22.9 Å². The van der Waals surface area contributed by atoms with Crippen LogP contribution in [0.5, 0.6) is 0 Å². The van der Waals surface area contributed by atoms with Crippen LogP contribution in [0.15, 0.2) is 18.3 Å². The number of hydrogen-bond acceptors (Lipinski definition) is 2. The van der Waals surface area contributed by atoms with Crippen LogP contribution in [0.25, 0.3) is 0 Å². The molecule has 3 rings (SSSR count). The van der Waals surface area contributed by atoms with Crippen LogP contribution in [0.4, 0.5) is 0 Å². The highest BCUT2D eigenvalue weighted by molar-refractivity contribution is 6.20. The Morgan fingerprint density at radius 3 is 2.71 bits per heavy atom. The molecule has 2 unspecified atom stereocenters. The Bertz CT molecular complexity index is 393. The standard InChI is InChI=1S/C14H19ClN2/c1-10-3-2-6-16-14(10)9-17-12-4-5-13(17)8-11(15)7-12/h2-3,6,11-13H,4-5,7-9H2,1H3. The number of alkyl halides is 1. The summed E-state index contributed by atoms with van der Waals surface area (Å²) >= 11 is 6.30. The highest BCUT2D eigenvalue weighted by Crippen LogP contribution is 2.38. The van der Waals surface area contributed by atoms with Crippen molar-refractivity contribution in [2.75, 3.05) is 0 Å². The van der Waals surface area contributed by atoms with Crippen molar-refractivity contribution in [3.8, 4) is 0 Å². The molecular formula is C14H19ClN2. The zero-order valence-electron chi connectivity index (χ0n) is 10.3. The first-order chi connectivity index (χ1) is 8.24. The second kappa shape index (κ2) is 4.58. The highest BCUT2D eigenvalue weighted by atomic mass is 35.5. The molecule has 2 bridgehead atoms. The molecule has 0 amide bonds. The van der Waals surface area contributed by atoms with Gasteiger partial charge in [0.25, 0.3) is 0 Å². The van der Waals surface area contributed by atoms with Crippen LogP contribution < -0.4 is 0 Å². The first kappa shape index (κ1) is 11.5. The van der Waals surface area contributed by atoms with Crippen LogP contribution in [-0.4, -0.2) is 27.3 Å². The number of piperidine rings is 1. The van der Waals surface area contributed by atoms with E-state index in [1.54, 1.807) is 0 Å². The predicted molar refractivity (Wildman–Crippen MR) is 70.2 cm³/mol. The van der Waals surface area contributed by atoms with Gasteiger partial charge in [-0.05, 0) is 44.2 Å². The molecule has 2 nitrogen and oxygen atoms in total. The van der Waals surface area contributed by atoms with Crippen LogP contribution in [0, 0.1) is 6.92 Å². The lowest BCUT2D eigenvalue weighted by atomic mass is 10.0. The quantitative estimate of drug-likeness (QED) is 0.750. The normalized spacial score (nSPS) is 32.9. The smallest absolute Gasteiger partial charge is 0.0573 e. The predicted octanol–water partition coefficient (Wildman–Crippen LogP) is 3.12. The van der Waals surface area contributed by atoms with Gasteiger partial charge in [-0.2, -0.15) is 0 Å². The van der Waals surface area contributed by atoms with Gasteiger partial charge in [0, 0.05) is 30.2 Å². The molecule has 0 aliphatic carbocycles. The third-order valence-corrected chi connectivity index (χ3v) is 4.63. The van der Waals surface area contributed by atoms with Crippen molar-refractivity contribution in [3.63, 3.8) is 0 Å². The lowest BCUT2D eigenvalue weighted by Crippen LogP contribution is -2.42. The number of pyridine rings is 1. The summed E-state index contributed by atoms with van der Waals surface area (Å²) in [6.45, 7) is 3.16. The second-order valence-corrected chi connectivity index (χ2v) is 6.01. The molecule has 2 saturated heterocycles. The highest BCUT2D eigenvalue weighted by Gasteiger charge is 2.40. The van der Waals surface area contributed by atoms with Gasteiger partial charge in [0.15, 0.2) is 0 Å². The molecule has 3 heteroatoms. The first-order valence-corrected chi connectivity index (χ1v) is 6.98. The van der Waals surface area contributed by atoms with E-state index in [9.17, 15) is 0 Å². The third kappa shape index (κ3) is 2.21. The maximum atomic E-state index is 6.30. The van der Waals surface area contributed by atoms with Gasteiger partial charge in [-0.1, -0.05) is 6.07 Å². The minimum Gasteiger partial charge on any atom is -0.292 e. The van der Waals surface area contributed by atoms with Gasteiger partial charge >= 0.3 is 0 Å². The van der Waals surface area contributed by atoms with Gasteiger partial charge in [-0.25, -0.2) is 0 Å². The Morgan fingerprint density at radius 1 is 1.35 bits per heavy atom. The van der Waals surface area contributed by atoms with E-state index in [0.717, 1.165) is 19.4 Å². The van der Waals surface area contributed by atoms with E-state index in [4.69, 9.17) is 11.6 Å². The molecule has 2 fully saturated rings. The summed E-state index contributed by atoms with van der Waals surface area (Å²) in [5, 5.41) is 0.397. The fraction of sp³-hybridized carbons (Fsp3) is 0.643. The lowest BCUT2D eigenvalue weighted by Gasteiger charge is -2.36. The van der Waals surface area contributed by atoms with Crippen molar-refractivity contribution in [3.05, 3.63) is 29.6 Å². The van der Waals surface area contributed by atoms with Crippen LogP contribution in [-0.2, 0) is 6.54 Å². The Kier molecular flexibility index (Phi) is 3.10. The van der Waals surface area contributed by atoms with Gasteiger partial charge in [0.2, 0.25) is 0 Å². The molecule has 3 heterocycles. The number of hydrogen-bond donors (Lipinski definition) is 0. The zero-order chi connectivity index (χ0) is 11.8. The summed E-state index contributed by atoms with van der Waals surface area (Å²) in [6, 6.07) is 5.55. The minimum absolute atomic E-state index is 0.397. The van der Waals surface area contributed by atoms with Crippen molar-refractivity contribution in [1.29, 1.82) is 0 Å². The molecule has 2 aliphatic heterocycles. The number of nitrogens with zero attached hydrogens (tertiary/aromatic N) is 2. The summed E-state index contributed by atoms with van der Waals surface area (Å²) < 4.78 is 0. The number of rotatable bonds is 2. The topological polar surface area (TPSA) is 16.1 Å². The summed E-state index contributed by atoms with van der Waals surface area (Å²) in [6.07, 6.45) is 6.85. The summed E-state index contributed by atoms with van der Waals surface area (Å²) in [4.78, 5) is 7.15. The van der Waals surface area contributed by atoms with Crippen molar-refractivity contribution in [1.82, 2.24) is 9.88 Å². The van der Waals surface area contributed by atoms with E-state index in [1.165, 1.54) is 24.1 Å². The maximum absolute atomic E-state index is 6.30. The van der Waals surface area contributed by atoms with Gasteiger partial charge in [-0.3, -0.25) is 9.88 Å². The van der Waals surface area contributed by atoms with Crippen molar-refractivity contribution in [2.24, 2.45) is 0 Å². The summed E-state index contributed by atoms with van der Waals surface area (Å²) in [5.74, 6) is 0. The van der Waals surface area contributed by atoms with Crippen LogP contribution in [0.3, 0.4) is 0 Å². The van der Waals surface area contributed by atoms with Crippen molar-refractivity contribution < 1.29 is 0 Å². The Hall–Kier alpha value is -0.600. The summed E-state index contributed by atoms with van der Waals surface area (Å²) in [5.41, 5.74) is 2.54. The summed E-state index contributed by atoms with van der Waals surface area (Å²) in [7, 11) is 0. The van der Waals surface area contributed by atoms with Gasteiger partial charge < -0.3 is 0 Å². The molecular weight excluding hydrogens is 232 g/mol. The van der Waals surface area contributed by atoms with E-state index in [0.29, 0.717) is 17.5 Å². The van der Waals surface area contributed by atoms with Crippen LogP contribution >= 0.6 is 11.6 Å². The molecule has 0 spiro atoms. The lowest BCUT2D eigenvalue weighted by molar-refractivity contribution is 0.132. The van der Waals surface area contributed by atoms with E-state index >= 15 is 0 Å². The molecule has 2 atom stereocenters. The van der Waals surface area contributed by atoms with Crippen LogP contribution in [0.2, 0.25) is 0 Å². The average Bonchev–Trinajstić information content (AvgIpc) is 2.56. The first-order valence-electron chi connectivity index (χ1n) is 6.54. The van der Waals surface area contributed by atoms with Gasteiger partial charge in [0.1, 0.15) is 0 Å². The Labute approximate surface area is 108 Å². The van der Waals surface area contributed by atoms with E-state index in [1.807, 2.05) is 12.3 Å². The molecule has 1 aromatic heterocycles. The largest absolute Gasteiger partial charge is 0.292 e. The number of aromatic nitrogens is 1. The fourth-order valence-electron chi connectivity index (χ4n) is 3.32. The molecule has 0 aromatic carbocycles. The molecule has 0 radical (unpaired) electrons. The van der Waals surface area contributed by atoms with Crippen molar-refractivity contribution >= 4 is 11.6 Å². The SMILES string of the molecule is Cc1cccnc1CN1C2CCC1CC(Cl)C2. The minimum atomic E-state index is 0.397. The molecule has 1 aromatic rings. The maximum Gasteiger partial charge on any atom is 0.0573 e.